The van der Waals surface area contributed by atoms with Crippen molar-refractivity contribution in [3.8, 4) is 0 Å². The minimum absolute atomic E-state index is 0. The molecule has 15 heavy (non-hydrogen) atoms. The predicted molar refractivity (Wildman–Crippen MR) is 58.8 cm³/mol. The Bertz CT molecular complexity index is 154. The van der Waals surface area contributed by atoms with Gasteiger partial charge in [-0.25, -0.2) is 0 Å². The molecule has 1 atom stereocenters. The summed E-state index contributed by atoms with van der Waals surface area (Å²) in [5, 5.41) is 8.06. The fourth-order valence-corrected chi connectivity index (χ4v) is 0.540. The first-order valence-electron chi connectivity index (χ1n) is 4.92. The number of hydrogen-bond donors (Lipinski definition) is 2. The molecule has 0 amide bonds. The van der Waals surface area contributed by atoms with Gasteiger partial charge in [0.05, 0.1) is 0 Å². The van der Waals surface area contributed by atoms with Gasteiger partial charge in [0.2, 0.25) is 0 Å². The van der Waals surface area contributed by atoms with Gasteiger partial charge in [0.25, 0.3) is 0 Å². The average Bonchev–Trinajstić information content (AvgIpc) is 2.15. The van der Waals surface area contributed by atoms with Crippen LogP contribution < -0.4 is 5.73 Å². The monoisotopic (exact) mass is 292 g/mol. The molecular formula is C10H23N2O2Y-. The topological polar surface area (TPSA) is 66.6 Å². The van der Waals surface area contributed by atoms with Crippen LogP contribution in [0.25, 0.3) is 0 Å². The molecular weight excluding hydrogens is 269 g/mol. The molecule has 0 aromatic rings. The van der Waals surface area contributed by atoms with E-state index < -0.39 is 12.0 Å². The summed E-state index contributed by atoms with van der Waals surface area (Å²) in [6.07, 6.45) is 0.495. The van der Waals surface area contributed by atoms with Crippen LogP contribution in [-0.4, -0.2) is 34.6 Å². The van der Waals surface area contributed by atoms with Gasteiger partial charge in [-0.1, -0.05) is 27.7 Å². The van der Waals surface area contributed by atoms with Crippen molar-refractivity contribution >= 4 is 5.97 Å². The standard InChI is InChI=1S/C6H14N.C4H9NO2.Y/c1-5-7(4)6(2)3;1-2-3(5)4(6)7;/h6H,4-5H2,1-3H3;3H,2,5H2,1H3,(H,6,7);/q-1;;. The Balaban J connectivity index is -0.000000180. The molecule has 0 rings (SSSR count). The number of nitrogens with zero attached hydrogens (tertiary/aromatic N) is 1. The van der Waals surface area contributed by atoms with E-state index in [1.165, 1.54) is 0 Å². The van der Waals surface area contributed by atoms with Crippen LogP contribution >= 0.6 is 0 Å². The molecule has 0 saturated heterocycles. The Morgan fingerprint density at radius 2 is 1.87 bits per heavy atom. The van der Waals surface area contributed by atoms with Crippen molar-refractivity contribution in [2.75, 3.05) is 6.54 Å². The summed E-state index contributed by atoms with van der Waals surface area (Å²) in [6.45, 7) is 9.15. The third kappa shape index (κ3) is 14.5. The number of rotatable bonds is 4. The summed E-state index contributed by atoms with van der Waals surface area (Å²) in [5.74, 6) is -0.928. The smallest absolute Gasteiger partial charge is 0.320 e. The SMILES string of the molecule is CCC(N)C(=O)O.[CH2-]N(CC)C(C)C.[Y]. The van der Waals surface area contributed by atoms with Crippen molar-refractivity contribution in [2.24, 2.45) is 5.73 Å². The van der Waals surface area contributed by atoms with Crippen LogP contribution in [0.5, 0.6) is 0 Å². The van der Waals surface area contributed by atoms with Crippen molar-refractivity contribution in [2.45, 2.75) is 46.2 Å². The van der Waals surface area contributed by atoms with Crippen LogP contribution in [0.1, 0.15) is 34.1 Å². The van der Waals surface area contributed by atoms with Gasteiger partial charge in [0.1, 0.15) is 6.04 Å². The molecule has 0 aromatic heterocycles. The molecule has 0 bridgehead atoms. The summed E-state index contributed by atoms with van der Waals surface area (Å²) < 4.78 is 0. The van der Waals surface area contributed by atoms with Crippen molar-refractivity contribution in [3.63, 3.8) is 0 Å². The Hall–Kier alpha value is 0.494. The minimum atomic E-state index is -0.928. The maximum absolute atomic E-state index is 9.81. The second-order valence-electron chi connectivity index (χ2n) is 3.35. The van der Waals surface area contributed by atoms with Gasteiger partial charge in [-0.2, -0.15) is 0 Å². The predicted octanol–water partition coefficient (Wildman–Crippen LogP) is 1.31. The zero-order valence-electron chi connectivity index (χ0n) is 10.2. The summed E-state index contributed by atoms with van der Waals surface area (Å²) in [5.41, 5.74) is 5.02. The van der Waals surface area contributed by atoms with E-state index in [2.05, 4.69) is 27.8 Å². The van der Waals surface area contributed by atoms with Crippen molar-refractivity contribution in [3.05, 3.63) is 7.05 Å². The minimum Gasteiger partial charge on any atom is -0.480 e. The summed E-state index contributed by atoms with van der Waals surface area (Å²) in [4.78, 5) is 11.8. The van der Waals surface area contributed by atoms with Crippen molar-refractivity contribution in [1.82, 2.24) is 4.90 Å². The Morgan fingerprint density at radius 3 is 1.87 bits per heavy atom. The van der Waals surface area contributed by atoms with Crippen molar-refractivity contribution in [1.29, 1.82) is 0 Å². The molecule has 3 N–H and O–H groups in total. The third-order valence-corrected chi connectivity index (χ3v) is 1.89. The van der Waals surface area contributed by atoms with E-state index in [1.807, 2.05) is 4.90 Å². The van der Waals surface area contributed by atoms with Crippen molar-refractivity contribution < 1.29 is 42.6 Å². The molecule has 0 saturated carbocycles. The molecule has 1 radical (unpaired) electrons. The van der Waals surface area contributed by atoms with Gasteiger partial charge in [-0.3, -0.25) is 11.8 Å². The molecule has 0 spiro atoms. The van der Waals surface area contributed by atoms with Crippen LogP contribution in [0.15, 0.2) is 0 Å². The van der Waals surface area contributed by atoms with E-state index in [9.17, 15) is 4.79 Å². The fraction of sp³-hybridized carbons (Fsp3) is 0.800. The number of nitrogens with two attached hydrogens (primary N) is 1. The van der Waals surface area contributed by atoms with E-state index in [0.29, 0.717) is 12.5 Å². The largest absolute Gasteiger partial charge is 0.480 e. The quantitative estimate of drug-likeness (QED) is 0.767. The van der Waals surface area contributed by atoms with E-state index in [0.717, 1.165) is 6.54 Å². The number of hydrogen-bond acceptors (Lipinski definition) is 3. The number of carbonyl (C=O) groups is 1. The van der Waals surface area contributed by atoms with Crippen LogP contribution in [0, 0.1) is 7.05 Å². The number of aliphatic carboxylic acids is 1. The number of carboxylic acid groups (broad SMARTS) is 1. The van der Waals surface area contributed by atoms with E-state index in [4.69, 9.17) is 10.8 Å². The van der Waals surface area contributed by atoms with Gasteiger partial charge < -0.3 is 15.7 Å². The van der Waals surface area contributed by atoms with Gasteiger partial charge in [-0.05, 0) is 19.0 Å². The maximum Gasteiger partial charge on any atom is 0.320 e. The average molecular weight is 292 g/mol. The third-order valence-electron chi connectivity index (χ3n) is 1.89. The molecule has 0 aromatic carbocycles. The summed E-state index contributed by atoms with van der Waals surface area (Å²) >= 11 is 0. The molecule has 0 fully saturated rings. The van der Waals surface area contributed by atoms with Crippen LogP contribution in [-0.2, 0) is 37.5 Å². The zero-order chi connectivity index (χ0) is 11.7. The van der Waals surface area contributed by atoms with Gasteiger partial charge in [0, 0.05) is 32.7 Å². The first-order valence-corrected chi connectivity index (χ1v) is 4.92. The molecule has 4 nitrogen and oxygen atoms in total. The Kier molecular flexibility index (Phi) is 17.5. The van der Waals surface area contributed by atoms with Crippen LogP contribution in [0.2, 0.25) is 0 Å². The summed E-state index contributed by atoms with van der Waals surface area (Å²) in [7, 11) is 3.79. The molecule has 0 heterocycles. The molecule has 1 unspecified atom stereocenters. The molecule has 89 valence electrons. The van der Waals surface area contributed by atoms with E-state index in [-0.39, 0.29) is 32.7 Å². The molecule has 0 aliphatic carbocycles. The van der Waals surface area contributed by atoms with Gasteiger partial charge in [0.15, 0.2) is 0 Å². The second kappa shape index (κ2) is 12.6. The van der Waals surface area contributed by atoms with Gasteiger partial charge >= 0.3 is 5.97 Å². The van der Waals surface area contributed by atoms with Crippen LogP contribution in [0.3, 0.4) is 0 Å². The Labute approximate surface area is 118 Å². The molecule has 0 aliphatic heterocycles. The Morgan fingerprint density at radius 1 is 1.47 bits per heavy atom. The van der Waals surface area contributed by atoms with Gasteiger partial charge in [-0.15, -0.1) is 0 Å². The second-order valence-corrected chi connectivity index (χ2v) is 3.35. The van der Waals surface area contributed by atoms with Crippen LogP contribution in [0.4, 0.5) is 0 Å². The normalized spacial score (nSPS) is 11.5. The zero-order valence-corrected chi connectivity index (χ0v) is 13.1. The number of carboxylic acids is 1. The first-order chi connectivity index (χ1) is 6.36. The van der Waals surface area contributed by atoms with E-state index >= 15 is 0 Å². The maximum atomic E-state index is 9.81. The molecule has 0 aliphatic rings. The fourth-order valence-electron chi connectivity index (χ4n) is 0.540. The summed E-state index contributed by atoms with van der Waals surface area (Å²) in [6, 6.07) is -0.0926. The molecule has 5 heteroatoms. The first kappa shape index (κ1) is 20.9. The van der Waals surface area contributed by atoms with E-state index in [1.54, 1.807) is 6.92 Å².